The molecule has 5 unspecified atom stereocenters. The maximum atomic E-state index is 15.0. The standard InChI is InChI=1S/C32H44ClF4N3O3S/c1-21(39-15-13-25(38)4-3-17-44-42)7-12-27-29(34)5-2-6-30(27)40-31(41)19-28(22-8-10-24(33)11-9-22)23-14-16-43-26(18-23)20-32(35,36)37/h2,5-6,8-11,21,23,25-26,28,39,42H,3-4,7,12-20,38H2,1H3,(H,40,41). The minimum absolute atomic E-state index is 0.0240. The summed E-state index contributed by atoms with van der Waals surface area (Å²) in [6, 6.07) is 11.7. The van der Waals surface area contributed by atoms with Crippen LogP contribution in [0, 0.1) is 11.7 Å². The van der Waals surface area contributed by atoms with Gasteiger partial charge in [-0.05, 0) is 112 Å². The monoisotopic (exact) mass is 661 g/mol. The van der Waals surface area contributed by atoms with Crippen molar-refractivity contribution in [3.8, 4) is 0 Å². The van der Waals surface area contributed by atoms with Crippen LogP contribution in [-0.2, 0) is 16.0 Å². The van der Waals surface area contributed by atoms with Gasteiger partial charge in [0.2, 0.25) is 5.91 Å². The third-order valence-corrected chi connectivity index (χ3v) is 8.90. The van der Waals surface area contributed by atoms with E-state index in [4.69, 9.17) is 26.6 Å². The Morgan fingerprint density at radius 2 is 1.93 bits per heavy atom. The number of alkyl halides is 3. The Bertz CT molecular complexity index is 1160. The summed E-state index contributed by atoms with van der Waals surface area (Å²) in [6.45, 7) is 2.92. The van der Waals surface area contributed by atoms with Crippen LogP contribution < -0.4 is 16.4 Å². The van der Waals surface area contributed by atoms with Crippen molar-refractivity contribution in [2.75, 3.05) is 24.2 Å². The van der Waals surface area contributed by atoms with E-state index in [-0.39, 0.29) is 49.3 Å². The number of carbonyl (C=O) groups is 1. The lowest BCUT2D eigenvalue weighted by Crippen LogP contribution is -2.33. The molecule has 0 spiro atoms. The molecule has 0 aliphatic carbocycles. The summed E-state index contributed by atoms with van der Waals surface area (Å²) >= 11 is 6.90. The smallest absolute Gasteiger partial charge is 0.378 e. The average molecular weight is 662 g/mol. The highest BCUT2D eigenvalue weighted by Crippen LogP contribution is 2.40. The number of carbonyl (C=O) groups excluding carboxylic acids is 1. The second-order valence-corrected chi connectivity index (χ2v) is 12.8. The fourth-order valence-corrected chi connectivity index (χ4v) is 6.23. The summed E-state index contributed by atoms with van der Waals surface area (Å²) in [7, 11) is 0. The number of amides is 1. The molecule has 1 aliphatic rings. The molecule has 0 saturated carbocycles. The fraction of sp³-hybridized carbons (Fsp3) is 0.594. The SMILES string of the molecule is CC(CCc1c(F)cccc1NC(=O)CC(c1ccc(Cl)cc1)C1CCOC(CC(F)(F)F)C1)NCCC(N)CCCSO. The fourth-order valence-electron chi connectivity index (χ4n) is 5.81. The van der Waals surface area contributed by atoms with Crippen LogP contribution in [0.3, 0.4) is 0 Å². The first kappa shape index (κ1) is 36.6. The van der Waals surface area contributed by atoms with Gasteiger partial charge >= 0.3 is 6.18 Å². The van der Waals surface area contributed by atoms with Crippen molar-refractivity contribution in [3.63, 3.8) is 0 Å². The first-order valence-corrected chi connectivity index (χ1v) is 16.5. The van der Waals surface area contributed by atoms with E-state index in [9.17, 15) is 22.4 Å². The van der Waals surface area contributed by atoms with Crippen molar-refractivity contribution >= 4 is 35.2 Å². The van der Waals surface area contributed by atoms with Crippen LogP contribution in [0.2, 0.25) is 5.02 Å². The van der Waals surface area contributed by atoms with Crippen molar-refractivity contribution in [2.24, 2.45) is 11.7 Å². The van der Waals surface area contributed by atoms with Crippen LogP contribution >= 0.6 is 23.6 Å². The van der Waals surface area contributed by atoms with E-state index in [2.05, 4.69) is 10.6 Å². The van der Waals surface area contributed by atoms with Gasteiger partial charge in [-0.15, -0.1) is 0 Å². The number of benzene rings is 2. The van der Waals surface area contributed by atoms with E-state index in [0.717, 1.165) is 43.4 Å². The highest BCUT2D eigenvalue weighted by molar-refractivity contribution is 7.93. The second-order valence-electron chi connectivity index (χ2n) is 11.7. The number of hydrogen-bond donors (Lipinski definition) is 4. The molecule has 1 heterocycles. The van der Waals surface area contributed by atoms with E-state index in [1.165, 1.54) is 6.07 Å². The van der Waals surface area contributed by atoms with Crippen molar-refractivity contribution in [1.29, 1.82) is 0 Å². The molecule has 0 bridgehead atoms. The summed E-state index contributed by atoms with van der Waals surface area (Å²) in [5.41, 5.74) is 7.74. The van der Waals surface area contributed by atoms with E-state index >= 15 is 0 Å². The van der Waals surface area contributed by atoms with Gasteiger partial charge in [-0.2, -0.15) is 13.2 Å². The zero-order valence-electron chi connectivity index (χ0n) is 25.1. The minimum atomic E-state index is -4.34. The van der Waals surface area contributed by atoms with Crippen LogP contribution in [0.5, 0.6) is 0 Å². The third kappa shape index (κ3) is 12.8. The molecule has 1 amide bonds. The summed E-state index contributed by atoms with van der Waals surface area (Å²) in [4.78, 5) is 13.4. The summed E-state index contributed by atoms with van der Waals surface area (Å²) in [6.07, 6.45) is -2.08. The van der Waals surface area contributed by atoms with Crippen molar-refractivity contribution in [1.82, 2.24) is 5.32 Å². The first-order valence-electron chi connectivity index (χ1n) is 15.2. The maximum Gasteiger partial charge on any atom is 0.391 e. The quantitative estimate of drug-likeness (QED) is 0.0781. The molecule has 0 radical (unpaired) electrons. The number of ether oxygens (including phenoxy) is 1. The number of nitrogens with two attached hydrogens (primary N) is 1. The predicted octanol–water partition coefficient (Wildman–Crippen LogP) is 7.95. The predicted molar refractivity (Wildman–Crippen MR) is 170 cm³/mol. The van der Waals surface area contributed by atoms with Crippen molar-refractivity contribution in [3.05, 3.63) is 64.4 Å². The van der Waals surface area contributed by atoms with E-state index in [1.54, 1.807) is 36.4 Å². The topological polar surface area (TPSA) is 96.6 Å². The van der Waals surface area contributed by atoms with Crippen LogP contribution in [0.25, 0.3) is 0 Å². The number of rotatable bonds is 17. The molecule has 44 heavy (non-hydrogen) atoms. The molecule has 1 saturated heterocycles. The molecular weight excluding hydrogens is 618 g/mol. The third-order valence-electron chi connectivity index (χ3n) is 8.18. The van der Waals surface area contributed by atoms with Crippen molar-refractivity contribution in [2.45, 2.75) is 95.0 Å². The van der Waals surface area contributed by atoms with E-state index < -0.39 is 24.5 Å². The second kappa shape index (κ2) is 18.3. The molecule has 12 heteroatoms. The number of anilines is 1. The van der Waals surface area contributed by atoms with E-state index in [0.29, 0.717) is 41.3 Å². The molecule has 5 atom stereocenters. The van der Waals surface area contributed by atoms with Crippen LogP contribution in [-0.4, -0.2) is 53.7 Å². The van der Waals surface area contributed by atoms with Gasteiger partial charge in [-0.25, -0.2) is 4.39 Å². The lowest BCUT2D eigenvalue weighted by molar-refractivity contribution is -0.169. The molecule has 246 valence electrons. The molecule has 0 aromatic heterocycles. The summed E-state index contributed by atoms with van der Waals surface area (Å²) in [5, 5.41) is 6.83. The van der Waals surface area contributed by atoms with Gasteiger partial charge in [-0.1, -0.05) is 29.8 Å². The number of halogens is 5. The molecule has 6 nitrogen and oxygen atoms in total. The molecule has 2 aromatic carbocycles. The molecule has 3 rings (SSSR count). The Balaban J connectivity index is 1.63. The summed E-state index contributed by atoms with van der Waals surface area (Å²) < 4.78 is 68.5. The van der Waals surface area contributed by atoms with Gasteiger partial charge in [0, 0.05) is 47.1 Å². The van der Waals surface area contributed by atoms with Gasteiger partial charge in [0.1, 0.15) is 5.82 Å². The Morgan fingerprint density at radius 1 is 1.18 bits per heavy atom. The largest absolute Gasteiger partial charge is 0.391 e. The molecule has 5 N–H and O–H groups in total. The zero-order chi connectivity index (χ0) is 32.1. The van der Waals surface area contributed by atoms with Crippen LogP contribution in [0.1, 0.15) is 75.3 Å². The Morgan fingerprint density at radius 3 is 2.64 bits per heavy atom. The van der Waals surface area contributed by atoms with Gasteiger partial charge in [0.05, 0.1) is 12.5 Å². The maximum absolute atomic E-state index is 15.0. The highest BCUT2D eigenvalue weighted by Gasteiger charge is 2.38. The van der Waals surface area contributed by atoms with Gasteiger partial charge < -0.3 is 25.7 Å². The van der Waals surface area contributed by atoms with Crippen molar-refractivity contribution < 1.29 is 31.6 Å². The zero-order valence-corrected chi connectivity index (χ0v) is 26.6. The molecule has 1 fully saturated rings. The van der Waals surface area contributed by atoms with Gasteiger partial charge in [0.25, 0.3) is 0 Å². The normalized spacial score (nSPS) is 19.4. The Hall–Kier alpha value is -1.89. The van der Waals surface area contributed by atoms with Gasteiger partial charge in [-0.3, -0.25) is 4.79 Å². The minimum Gasteiger partial charge on any atom is -0.378 e. The van der Waals surface area contributed by atoms with E-state index in [1.807, 2.05) is 6.92 Å². The summed E-state index contributed by atoms with van der Waals surface area (Å²) in [5.74, 6) is -0.646. The number of hydrogen-bond acceptors (Lipinski definition) is 6. The van der Waals surface area contributed by atoms with Crippen LogP contribution in [0.15, 0.2) is 42.5 Å². The average Bonchev–Trinajstić information content (AvgIpc) is 2.95. The lowest BCUT2D eigenvalue weighted by atomic mass is 9.77. The number of nitrogens with one attached hydrogen (secondary N) is 2. The highest BCUT2D eigenvalue weighted by atomic mass is 35.5. The Kier molecular flexibility index (Phi) is 15.2. The van der Waals surface area contributed by atoms with Gasteiger partial charge in [0.15, 0.2) is 0 Å². The molecule has 2 aromatic rings. The van der Waals surface area contributed by atoms with Crippen LogP contribution in [0.4, 0.5) is 23.2 Å². The lowest BCUT2D eigenvalue weighted by Gasteiger charge is -2.35. The Labute approximate surface area is 267 Å². The molecular formula is C32H44ClF4N3O3S. The first-order chi connectivity index (χ1) is 20.9. The molecule has 1 aliphatic heterocycles.